The van der Waals surface area contributed by atoms with Gasteiger partial charge in [0.05, 0.1) is 13.7 Å². The van der Waals surface area contributed by atoms with Crippen molar-refractivity contribution < 1.29 is 32.3 Å². The highest BCUT2D eigenvalue weighted by molar-refractivity contribution is 5.75. The standard InChI is InChI=1S/C14H18F3NO4/c1-3-22-18-13(19)7-5-10-4-6-11(12(8-10)20-2)21-9-14(15,16)17/h4,6,8H,3,5,7,9H2,1-2H3,(H,18,19). The zero-order valence-electron chi connectivity index (χ0n) is 12.3. The van der Waals surface area contributed by atoms with Crippen LogP contribution in [0.1, 0.15) is 18.9 Å². The van der Waals surface area contributed by atoms with Gasteiger partial charge in [0.25, 0.3) is 0 Å². The topological polar surface area (TPSA) is 56.8 Å². The predicted octanol–water partition coefficient (Wildman–Crippen LogP) is 2.64. The van der Waals surface area contributed by atoms with Crippen LogP contribution >= 0.6 is 0 Å². The molecular weight excluding hydrogens is 303 g/mol. The van der Waals surface area contributed by atoms with Crippen molar-refractivity contribution in [2.24, 2.45) is 0 Å². The van der Waals surface area contributed by atoms with Gasteiger partial charge in [-0.05, 0) is 31.0 Å². The van der Waals surface area contributed by atoms with Crippen molar-refractivity contribution >= 4 is 5.91 Å². The summed E-state index contributed by atoms with van der Waals surface area (Å²) in [6.07, 6.45) is -3.83. The van der Waals surface area contributed by atoms with Crippen molar-refractivity contribution in [2.45, 2.75) is 25.9 Å². The van der Waals surface area contributed by atoms with Gasteiger partial charge < -0.3 is 9.47 Å². The molecule has 1 aromatic carbocycles. The van der Waals surface area contributed by atoms with E-state index in [-0.39, 0.29) is 23.8 Å². The van der Waals surface area contributed by atoms with Gasteiger partial charge in [-0.15, -0.1) is 0 Å². The Hall–Kier alpha value is -1.96. The van der Waals surface area contributed by atoms with Crippen LogP contribution < -0.4 is 15.0 Å². The third kappa shape index (κ3) is 6.66. The molecule has 0 aliphatic rings. The Kier molecular flexibility index (Phi) is 6.97. The quantitative estimate of drug-likeness (QED) is 0.748. The maximum atomic E-state index is 12.1. The third-order valence-electron chi connectivity index (χ3n) is 2.59. The summed E-state index contributed by atoms with van der Waals surface area (Å²) in [5, 5.41) is 0. The van der Waals surface area contributed by atoms with E-state index in [1.165, 1.54) is 13.2 Å². The number of halogens is 3. The lowest BCUT2D eigenvalue weighted by Crippen LogP contribution is -2.23. The molecule has 0 aliphatic heterocycles. The third-order valence-corrected chi connectivity index (χ3v) is 2.59. The number of aryl methyl sites for hydroxylation is 1. The Morgan fingerprint density at radius 3 is 2.59 bits per heavy atom. The van der Waals surface area contributed by atoms with E-state index in [4.69, 9.17) is 9.57 Å². The molecule has 0 bridgehead atoms. The fourth-order valence-electron chi connectivity index (χ4n) is 1.61. The van der Waals surface area contributed by atoms with Crippen molar-refractivity contribution in [3.63, 3.8) is 0 Å². The monoisotopic (exact) mass is 321 g/mol. The first-order valence-corrected chi connectivity index (χ1v) is 6.62. The van der Waals surface area contributed by atoms with Crippen molar-refractivity contribution in [1.29, 1.82) is 0 Å². The number of nitrogens with one attached hydrogen (secondary N) is 1. The number of benzene rings is 1. The molecule has 0 atom stereocenters. The molecule has 22 heavy (non-hydrogen) atoms. The summed E-state index contributed by atoms with van der Waals surface area (Å²) in [6.45, 7) is 0.717. The van der Waals surface area contributed by atoms with Crippen LogP contribution in [0.5, 0.6) is 11.5 Å². The van der Waals surface area contributed by atoms with Crippen LogP contribution in [0.25, 0.3) is 0 Å². The summed E-state index contributed by atoms with van der Waals surface area (Å²) < 4.78 is 46.1. The van der Waals surface area contributed by atoms with E-state index in [1.54, 1.807) is 19.1 Å². The van der Waals surface area contributed by atoms with Gasteiger partial charge >= 0.3 is 6.18 Å². The SMILES string of the molecule is CCONC(=O)CCc1ccc(OCC(F)(F)F)c(OC)c1. The van der Waals surface area contributed by atoms with E-state index in [0.29, 0.717) is 13.0 Å². The minimum absolute atomic E-state index is 0.00217. The fraction of sp³-hybridized carbons (Fsp3) is 0.500. The molecule has 0 unspecified atom stereocenters. The highest BCUT2D eigenvalue weighted by Crippen LogP contribution is 2.30. The number of hydroxylamine groups is 1. The lowest BCUT2D eigenvalue weighted by Gasteiger charge is -2.13. The van der Waals surface area contributed by atoms with Gasteiger partial charge in [0, 0.05) is 6.42 Å². The van der Waals surface area contributed by atoms with Crippen LogP contribution in [-0.4, -0.2) is 32.4 Å². The summed E-state index contributed by atoms with van der Waals surface area (Å²) in [7, 11) is 1.33. The first-order chi connectivity index (χ1) is 10.4. The zero-order valence-corrected chi connectivity index (χ0v) is 12.3. The number of ether oxygens (including phenoxy) is 2. The molecule has 1 aromatic rings. The van der Waals surface area contributed by atoms with E-state index >= 15 is 0 Å². The number of alkyl halides is 3. The first kappa shape index (κ1) is 18.1. The van der Waals surface area contributed by atoms with Crippen molar-refractivity contribution in [3.05, 3.63) is 23.8 Å². The number of carbonyl (C=O) groups excluding carboxylic acids is 1. The first-order valence-electron chi connectivity index (χ1n) is 6.62. The van der Waals surface area contributed by atoms with Crippen LogP contribution in [0, 0.1) is 0 Å². The second-order valence-electron chi connectivity index (χ2n) is 4.35. The molecule has 8 heteroatoms. The summed E-state index contributed by atoms with van der Waals surface area (Å²) >= 11 is 0. The number of hydrogen-bond donors (Lipinski definition) is 1. The summed E-state index contributed by atoms with van der Waals surface area (Å²) in [4.78, 5) is 16.2. The van der Waals surface area contributed by atoms with Gasteiger partial charge in [-0.25, -0.2) is 5.48 Å². The van der Waals surface area contributed by atoms with E-state index in [0.717, 1.165) is 5.56 Å². The molecular formula is C14H18F3NO4. The van der Waals surface area contributed by atoms with Gasteiger partial charge in [-0.3, -0.25) is 9.63 Å². The maximum absolute atomic E-state index is 12.1. The largest absolute Gasteiger partial charge is 0.493 e. The molecule has 124 valence electrons. The Labute approximate surface area is 126 Å². The molecule has 0 radical (unpaired) electrons. The van der Waals surface area contributed by atoms with Gasteiger partial charge in [0.15, 0.2) is 18.1 Å². The van der Waals surface area contributed by atoms with Crippen LogP contribution in [0.15, 0.2) is 18.2 Å². The molecule has 0 aliphatic carbocycles. The molecule has 0 heterocycles. The van der Waals surface area contributed by atoms with Gasteiger partial charge in [-0.1, -0.05) is 6.07 Å². The Balaban J connectivity index is 2.62. The number of rotatable bonds is 8. The van der Waals surface area contributed by atoms with Crippen molar-refractivity contribution in [2.75, 3.05) is 20.3 Å². The molecule has 0 fully saturated rings. The number of carbonyl (C=O) groups is 1. The molecule has 1 amide bonds. The lowest BCUT2D eigenvalue weighted by molar-refractivity contribution is -0.153. The van der Waals surface area contributed by atoms with Gasteiger partial charge in [0.2, 0.25) is 5.91 Å². The second kappa shape index (κ2) is 8.47. The molecule has 5 nitrogen and oxygen atoms in total. The number of methoxy groups -OCH3 is 1. The summed E-state index contributed by atoms with van der Waals surface area (Å²) in [6, 6.07) is 4.52. The maximum Gasteiger partial charge on any atom is 0.422 e. The average molecular weight is 321 g/mol. The summed E-state index contributed by atoms with van der Waals surface area (Å²) in [5.74, 6) is -0.0903. The van der Waals surface area contributed by atoms with Gasteiger partial charge in [-0.2, -0.15) is 13.2 Å². The van der Waals surface area contributed by atoms with Crippen molar-refractivity contribution in [1.82, 2.24) is 5.48 Å². The van der Waals surface area contributed by atoms with E-state index in [1.807, 2.05) is 0 Å². The van der Waals surface area contributed by atoms with E-state index < -0.39 is 12.8 Å². The highest BCUT2D eigenvalue weighted by Gasteiger charge is 2.29. The minimum Gasteiger partial charge on any atom is -0.493 e. The zero-order chi connectivity index (χ0) is 16.6. The number of hydrogen-bond acceptors (Lipinski definition) is 4. The van der Waals surface area contributed by atoms with E-state index in [9.17, 15) is 18.0 Å². The van der Waals surface area contributed by atoms with Crippen LogP contribution in [0.3, 0.4) is 0 Å². The van der Waals surface area contributed by atoms with E-state index in [2.05, 4.69) is 10.2 Å². The Morgan fingerprint density at radius 1 is 1.27 bits per heavy atom. The minimum atomic E-state index is -4.42. The molecule has 0 saturated heterocycles. The molecule has 0 aromatic heterocycles. The predicted molar refractivity (Wildman–Crippen MR) is 72.6 cm³/mol. The lowest BCUT2D eigenvalue weighted by atomic mass is 10.1. The highest BCUT2D eigenvalue weighted by atomic mass is 19.4. The Morgan fingerprint density at radius 2 is 2.00 bits per heavy atom. The average Bonchev–Trinajstić information content (AvgIpc) is 2.48. The molecule has 1 rings (SSSR count). The fourth-order valence-corrected chi connectivity index (χ4v) is 1.61. The second-order valence-corrected chi connectivity index (χ2v) is 4.35. The smallest absolute Gasteiger partial charge is 0.422 e. The molecule has 1 N–H and O–H groups in total. The molecule has 0 saturated carbocycles. The molecule has 0 spiro atoms. The van der Waals surface area contributed by atoms with Crippen LogP contribution in [-0.2, 0) is 16.1 Å². The van der Waals surface area contributed by atoms with Crippen molar-refractivity contribution in [3.8, 4) is 11.5 Å². The van der Waals surface area contributed by atoms with Crippen LogP contribution in [0.4, 0.5) is 13.2 Å². The Bertz CT molecular complexity index is 491. The van der Waals surface area contributed by atoms with Gasteiger partial charge in [0.1, 0.15) is 0 Å². The summed E-state index contributed by atoms with van der Waals surface area (Å²) in [5.41, 5.74) is 3.00. The van der Waals surface area contributed by atoms with Crippen LogP contribution in [0.2, 0.25) is 0 Å². The number of amides is 1. The normalized spacial score (nSPS) is 11.1.